The summed E-state index contributed by atoms with van der Waals surface area (Å²) >= 11 is 0. The normalized spacial score (nSPS) is 19.3. The van der Waals surface area contributed by atoms with Crippen molar-refractivity contribution in [2.45, 2.75) is 39.2 Å². The topological polar surface area (TPSA) is 40.5 Å². The van der Waals surface area contributed by atoms with Crippen molar-refractivity contribution in [3.63, 3.8) is 0 Å². The molecule has 0 spiro atoms. The van der Waals surface area contributed by atoms with E-state index in [-0.39, 0.29) is 12.0 Å². The molecule has 1 N–H and O–H groups in total. The van der Waals surface area contributed by atoms with Crippen LogP contribution in [0.1, 0.15) is 29.5 Å². The standard InChI is InChI=1S/C15H21NO2/c1-11-3-4-13(12(2)9-11)5-6-15(18)16-8-7-14(17)10-16/h3-4,9,14,17H,5-8,10H2,1-2H3/t14-/m1/s1. The molecule has 0 bridgehead atoms. The second-order valence-corrected chi connectivity index (χ2v) is 5.21. The average molecular weight is 247 g/mol. The molecule has 1 aliphatic heterocycles. The number of nitrogens with zero attached hydrogens (tertiary/aromatic N) is 1. The second-order valence-electron chi connectivity index (χ2n) is 5.21. The summed E-state index contributed by atoms with van der Waals surface area (Å²) in [5, 5.41) is 9.41. The summed E-state index contributed by atoms with van der Waals surface area (Å²) in [5.41, 5.74) is 3.75. The van der Waals surface area contributed by atoms with E-state index in [0.717, 1.165) is 12.8 Å². The Morgan fingerprint density at radius 1 is 1.44 bits per heavy atom. The van der Waals surface area contributed by atoms with Gasteiger partial charge in [-0.3, -0.25) is 4.79 Å². The number of benzene rings is 1. The molecule has 98 valence electrons. The largest absolute Gasteiger partial charge is 0.391 e. The molecule has 0 unspecified atom stereocenters. The SMILES string of the molecule is Cc1ccc(CCC(=O)N2CC[C@@H](O)C2)c(C)c1. The van der Waals surface area contributed by atoms with Gasteiger partial charge in [-0.1, -0.05) is 23.8 Å². The van der Waals surface area contributed by atoms with Gasteiger partial charge in [0.05, 0.1) is 6.10 Å². The molecular formula is C15H21NO2. The molecule has 0 aromatic heterocycles. The van der Waals surface area contributed by atoms with Gasteiger partial charge in [-0.2, -0.15) is 0 Å². The van der Waals surface area contributed by atoms with Crippen LogP contribution in [0.15, 0.2) is 18.2 Å². The van der Waals surface area contributed by atoms with Gasteiger partial charge in [0, 0.05) is 19.5 Å². The maximum absolute atomic E-state index is 12.0. The third-order valence-corrected chi connectivity index (χ3v) is 3.62. The highest BCUT2D eigenvalue weighted by Crippen LogP contribution is 2.15. The van der Waals surface area contributed by atoms with E-state index in [1.165, 1.54) is 16.7 Å². The Hall–Kier alpha value is -1.35. The smallest absolute Gasteiger partial charge is 0.222 e. The zero-order valence-corrected chi connectivity index (χ0v) is 11.1. The number of amides is 1. The fourth-order valence-corrected chi connectivity index (χ4v) is 2.49. The summed E-state index contributed by atoms with van der Waals surface area (Å²) in [6.45, 7) is 5.37. The molecule has 1 amide bonds. The van der Waals surface area contributed by atoms with E-state index in [1.54, 1.807) is 4.90 Å². The molecule has 0 saturated carbocycles. The minimum absolute atomic E-state index is 0.159. The van der Waals surface area contributed by atoms with Crippen LogP contribution in [0.5, 0.6) is 0 Å². The van der Waals surface area contributed by atoms with Gasteiger partial charge in [0.2, 0.25) is 5.91 Å². The molecule has 0 radical (unpaired) electrons. The second kappa shape index (κ2) is 5.53. The fraction of sp³-hybridized carbons (Fsp3) is 0.533. The number of rotatable bonds is 3. The van der Waals surface area contributed by atoms with Crippen molar-refractivity contribution in [3.05, 3.63) is 34.9 Å². The van der Waals surface area contributed by atoms with Gasteiger partial charge in [0.1, 0.15) is 0 Å². The molecule has 1 fully saturated rings. The molecule has 1 aromatic carbocycles. The Labute approximate surface area is 108 Å². The van der Waals surface area contributed by atoms with Crippen molar-refractivity contribution in [3.8, 4) is 0 Å². The Morgan fingerprint density at radius 3 is 2.83 bits per heavy atom. The van der Waals surface area contributed by atoms with Gasteiger partial charge in [-0.15, -0.1) is 0 Å². The van der Waals surface area contributed by atoms with E-state index < -0.39 is 0 Å². The van der Waals surface area contributed by atoms with E-state index in [0.29, 0.717) is 19.5 Å². The predicted molar refractivity (Wildman–Crippen MR) is 71.4 cm³/mol. The van der Waals surface area contributed by atoms with Crippen LogP contribution in [0.3, 0.4) is 0 Å². The molecular weight excluding hydrogens is 226 g/mol. The zero-order valence-electron chi connectivity index (χ0n) is 11.1. The summed E-state index contributed by atoms with van der Waals surface area (Å²) in [7, 11) is 0. The highest BCUT2D eigenvalue weighted by molar-refractivity contribution is 5.76. The third-order valence-electron chi connectivity index (χ3n) is 3.62. The van der Waals surface area contributed by atoms with Crippen molar-refractivity contribution >= 4 is 5.91 Å². The molecule has 1 heterocycles. The summed E-state index contributed by atoms with van der Waals surface area (Å²) < 4.78 is 0. The van der Waals surface area contributed by atoms with Crippen molar-refractivity contribution in [1.82, 2.24) is 4.90 Å². The Balaban J connectivity index is 1.89. The highest BCUT2D eigenvalue weighted by Gasteiger charge is 2.23. The molecule has 0 aliphatic carbocycles. The number of likely N-dealkylation sites (tertiary alicyclic amines) is 1. The maximum Gasteiger partial charge on any atom is 0.222 e. The number of β-amino-alcohol motifs (C(OH)–C–C–N with tert-alkyl or cyclic N) is 1. The molecule has 3 nitrogen and oxygen atoms in total. The number of hydrogen-bond donors (Lipinski definition) is 1. The number of aliphatic hydroxyl groups excluding tert-OH is 1. The van der Waals surface area contributed by atoms with E-state index >= 15 is 0 Å². The predicted octanol–water partition coefficient (Wildman–Crippen LogP) is 1.83. The van der Waals surface area contributed by atoms with Gasteiger partial charge in [0.25, 0.3) is 0 Å². The van der Waals surface area contributed by atoms with Crippen molar-refractivity contribution in [1.29, 1.82) is 0 Å². The lowest BCUT2D eigenvalue weighted by atomic mass is 10.0. The van der Waals surface area contributed by atoms with Crippen molar-refractivity contribution in [2.24, 2.45) is 0 Å². The fourth-order valence-electron chi connectivity index (χ4n) is 2.49. The molecule has 2 rings (SSSR count). The van der Waals surface area contributed by atoms with E-state index in [9.17, 15) is 9.90 Å². The Bertz CT molecular complexity index is 442. The van der Waals surface area contributed by atoms with Crippen LogP contribution in [-0.2, 0) is 11.2 Å². The first-order valence-electron chi connectivity index (χ1n) is 6.58. The number of carbonyl (C=O) groups is 1. The Kier molecular flexibility index (Phi) is 4.02. The van der Waals surface area contributed by atoms with E-state index in [4.69, 9.17) is 0 Å². The lowest BCUT2D eigenvalue weighted by Gasteiger charge is -2.15. The van der Waals surface area contributed by atoms with E-state index in [1.807, 2.05) is 0 Å². The first-order chi connectivity index (χ1) is 8.56. The van der Waals surface area contributed by atoms with Crippen LogP contribution >= 0.6 is 0 Å². The molecule has 3 heteroatoms. The van der Waals surface area contributed by atoms with Gasteiger partial charge in [-0.05, 0) is 37.8 Å². The Morgan fingerprint density at radius 2 is 2.22 bits per heavy atom. The van der Waals surface area contributed by atoms with Crippen LogP contribution in [0.25, 0.3) is 0 Å². The molecule has 1 aliphatic rings. The van der Waals surface area contributed by atoms with Crippen LogP contribution in [0, 0.1) is 13.8 Å². The average Bonchev–Trinajstić information content (AvgIpc) is 2.74. The first kappa shape index (κ1) is 13.1. The number of aliphatic hydroxyl groups is 1. The summed E-state index contributed by atoms with van der Waals surface area (Å²) in [4.78, 5) is 13.7. The molecule has 1 saturated heterocycles. The van der Waals surface area contributed by atoms with Crippen LogP contribution < -0.4 is 0 Å². The first-order valence-corrected chi connectivity index (χ1v) is 6.58. The van der Waals surface area contributed by atoms with Crippen molar-refractivity contribution in [2.75, 3.05) is 13.1 Å². The molecule has 18 heavy (non-hydrogen) atoms. The maximum atomic E-state index is 12.0. The lowest BCUT2D eigenvalue weighted by Crippen LogP contribution is -2.29. The van der Waals surface area contributed by atoms with Crippen LogP contribution in [-0.4, -0.2) is 35.1 Å². The number of carbonyl (C=O) groups excluding carboxylic acids is 1. The molecule has 1 atom stereocenters. The van der Waals surface area contributed by atoms with Gasteiger partial charge in [0.15, 0.2) is 0 Å². The monoisotopic (exact) mass is 247 g/mol. The van der Waals surface area contributed by atoms with Crippen LogP contribution in [0.4, 0.5) is 0 Å². The zero-order chi connectivity index (χ0) is 13.1. The highest BCUT2D eigenvalue weighted by atomic mass is 16.3. The van der Waals surface area contributed by atoms with Crippen molar-refractivity contribution < 1.29 is 9.90 Å². The summed E-state index contributed by atoms with van der Waals surface area (Å²) in [5.74, 6) is 0.159. The minimum Gasteiger partial charge on any atom is -0.391 e. The van der Waals surface area contributed by atoms with Gasteiger partial charge in [-0.25, -0.2) is 0 Å². The van der Waals surface area contributed by atoms with Crippen LogP contribution in [0.2, 0.25) is 0 Å². The minimum atomic E-state index is -0.324. The van der Waals surface area contributed by atoms with Gasteiger partial charge >= 0.3 is 0 Å². The summed E-state index contributed by atoms with van der Waals surface area (Å²) in [6, 6.07) is 6.35. The van der Waals surface area contributed by atoms with E-state index in [2.05, 4.69) is 32.0 Å². The quantitative estimate of drug-likeness (QED) is 0.885. The summed E-state index contributed by atoms with van der Waals surface area (Å²) in [6.07, 6.45) is 1.72. The van der Waals surface area contributed by atoms with Gasteiger partial charge < -0.3 is 10.0 Å². The third kappa shape index (κ3) is 3.10. The number of aryl methyl sites for hydroxylation is 3. The lowest BCUT2D eigenvalue weighted by molar-refractivity contribution is -0.130. The number of hydrogen-bond acceptors (Lipinski definition) is 2. The molecule has 1 aromatic rings.